The van der Waals surface area contributed by atoms with Crippen LogP contribution in [-0.4, -0.2) is 54.4 Å². The Kier molecular flexibility index (Phi) is 4.59. The van der Waals surface area contributed by atoms with E-state index in [1.165, 1.54) is 24.9 Å². The van der Waals surface area contributed by atoms with Crippen molar-refractivity contribution in [2.45, 2.75) is 31.8 Å². The van der Waals surface area contributed by atoms with Gasteiger partial charge < -0.3 is 20.3 Å². The van der Waals surface area contributed by atoms with E-state index in [2.05, 4.69) is 47.8 Å². The van der Waals surface area contributed by atoms with Crippen LogP contribution in [0.4, 0.5) is 17.2 Å². The van der Waals surface area contributed by atoms with E-state index in [1.54, 1.807) is 10.8 Å². The fraction of sp³-hybridized carbons (Fsp3) is 0.280. The molecule has 0 aliphatic carbocycles. The minimum absolute atomic E-state index is 0.561. The first kappa shape index (κ1) is 20.2. The fourth-order valence-corrected chi connectivity index (χ4v) is 5.24. The van der Waals surface area contributed by atoms with Gasteiger partial charge >= 0.3 is 0 Å². The average Bonchev–Trinajstić information content (AvgIpc) is 3.59. The Morgan fingerprint density at radius 1 is 0.943 bits per heavy atom. The normalized spacial score (nSPS) is 19.5. The molecular weight excluding hydrogens is 442 g/mol. The standard InChI is InChI=1S/C25H25N9O/c1-16-10-17(4-5-22(16)35-20-6-8-33-23(11-20)26-14-28-33)31-25-24-21(7-9-34(24)29-15-27-25)32-12-18-2-3-19(13-32)30-18/h4-11,14-15,18-19,30H,2-3,12-13H2,1H3,(H,27,29,31). The van der Waals surface area contributed by atoms with E-state index >= 15 is 0 Å². The van der Waals surface area contributed by atoms with Crippen LogP contribution in [0.25, 0.3) is 11.2 Å². The highest BCUT2D eigenvalue weighted by atomic mass is 16.5. The van der Waals surface area contributed by atoms with Crippen molar-refractivity contribution in [3.8, 4) is 11.5 Å². The molecule has 1 aromatic carbocycles. The van der Waals surface area contributed by atoms with Crippen molar-refractivity contribution in [1.29, 1.82) is 0 Å². The summed E-state index contributed by atoms with van der Waals surface area (Å²) in [7, 11) is 0. The minimum Gasteiger partial charge on any atom is -0.457 e. The molecule has 2 fully saturated rings. The number of nitrogens with zero attached hydrogens (tertiary/aromatic N) is 7. The molecule has 4 aromatic heterocycles. The average molecular weight is 468 g/mol. The lowest BCUT2D eigenvalue weighted by molar-refractivity contribution is 0.466. The summed E-state index contributed by atoms with van der Waals surface area (Å²) in [4.78, 5) is 11.3. The third kappa shape index (κ3) is 3.62. The SMILES string of the molecule is Cc1cc(Nc2ncnn3ccc(N4CC5CCC(C4)N5)c23)ccc1Oc1ccn2ncnc2c1. The van der Waals surface area contributed by atoms with Crippen LogP contribution in [-0.2, 0) is 0 Å². The van der Waals surface area contributed by atoms with Gasteiger partial charge in [-0.25, -0.2) is 19.0 Å². The summed E-state index contributed by atoms with van der Waals surface area (Å²) >= 11 is 0. The summed E-state index contributed by atoms with van der Waals surface area (Å²) in [6.45, 7) is 4.05. The number of benzene rings is 1. The minimum atomic E-state index is 0.561. The molecule has 5 aromatic rings. The molecule has 2 bridgehead atoms. The zero-order chi connectivity index (χ0) is 23.4. The predicted octanol–water partition coefficient (Wildman–Crippen LogP) is 3.56. The number of fused-ring (bicyclic) bond motifs is 4. The van der Waals surface area contributed by atoms with Crippen LogP contribution < -0.4 is 20.3 Å². The van der Waals surface area contributed by atoms with Crippen LogP contribution in [0.3, 0.4) is 0 Å². The van der Waals surface area contributed by atoms with Crippen molar-refractivity contribution in [2.24, 2.45) is 0 Å². The Morgan fingerprint density at radius 3 is 2.60 bits per heavy atom. The van der Waals surface area contributed by atoms with Gasteiger partial charge in [0.2, 0.25) is 0 Å². The number of hydrogen-bond acceptors (Lipinski definition) is 8. The highest BCUT2D eigenvalue weighted by Gasteiger charge is 2.33. The number of aryl methyl sites for hydroxylation is 1. The highest BCUT2D eigenvalue weighted by Crippen LogP contribution is 2.34. The van der Waals surface area contributed by atoms with E-state index in [0.717, 1.165) is 52.8 Å². The number of hydrogen-bond donors (Lipinski definition) is 2. The summed E-state index contributed by atoms with van der Waals surface area (Å²) in [6, 6.07) is 13.1. The lowest BCUT2D eigenvalue weighted by atomic mass is 10.2. The van der Waals surface area contributed by atoms with Gasteiger partial charge in [0.05, 0.1) is 5.69 Å². The lowest BCUT2D eigenvalue weighted by Gasteiger charge is -2.34. The number of rotatable bonds is 5. The van der Waals surface area contributed by atoms with Crippen molar-refractivity contribution in [3.63, 3.8) is 0 Å². The molecule has 7 rings (SSSR count). The largest absolute Gasteiger partial charge is 0.457 e. The predicted molar refractivity (Wildman–Crippen MR) is 133 cm³/mol. The molecule has 0 saturated carbocycles. The van der Waals surface area contributed by atoms with E-state index in [1.807, 2.05) is 48.1 Å². The summed E-state index contributed by atoms with van der Waals surface area (Å²) in [6.07, 6.45) is 9.45. The molecule has 10 nitrogen and oxygen atoms in total. The van der Waals surface area contributed by atoms with Gasteiger partial charge in [-0.05, 0) is 55.7 Å². The number of piperazine rings is 1. The summed E-state index contributed by atoms with van der Waals surface area (Å²) in [5.41, 5.74) is 4.86. The Hall–Kier alpha value is -4.18. The van der Waals surface area contributed by atoms with E-state index in [9.17, 15) is 0 Å². The molecule has 2 saturated heterocycles. The van der Waals surface area contributed by atoms with Crippen molar-refractivity contribution >= 4 is 28.4 Å². The zero-order valence-electron chi connectivity index (χ0n) is 19.3. The first-order valence-electron chi connectivity index (χ1n) is 11.9. The summed E-state index contributed by atoms with van der Waals surface area (Å²) in [5.74, 6) is 2.29. The first-order chi connectivity index (χ1) is 17.2. The number of nitrogens with one attached hydrogen (secondary N) is 2. The molecule has 0 radical (unpaired) electrons. The maximum Gasteiger partial charge on any atom is 0.160 e. The Labute approximate surface area is 201 Å². The van der Waals surface area contributed by atoms with Gasteiger partial charge in [-0.1, -0.05) is 0 Å². The molecule has 2 aliphatic rings. The van der Waals surface area contributed by atoms with Crippen molar-refractivity contribution in [2.75, 3.05) is 23.3 Å². The van der Waals surface area contributed by atoms with Gasteiger partial charge in [0, 0.05) is 49.3 Å². The van der Waals surface area contributed by atoms with Crippen molar-refractivity contribution in [1.82, 2.24) is 34.5 Å². The van der Waals surface area contributed by atoms with Gasteiger partial charge in [0.1, 0.15) is 29.7 Å². The maximum absolute atomic E-state index is 6.12. The smallest absolute Gasteiger partial charge is 0.160 e. The van der Waals surface area contributed by atoms with Crippen LogP contribution in [0.1, 0.15) is 18.4 Å². The van der Waals surface area contributed by atoms with Crippen molar-refractivity contribution in [3.05, 3.63) is 67.0 Å². The monoisotopic (exact) mass is 467 g/mol. The third-order valence-electron chi connectivity index (χ3n) is 6.91. The van der Waals surface area contributed by atoms with Crippen LogP contribution in [0, 0.1) is 6.92 Å². The molecule has 6 heterocycles. The second kappa shape index (κ2) is 7.95. The molecule has 0 spiro atoms. The maximum atomic E-state index is 6.12. The van der Waals surface area contributed by atoms with Crippen LogP contribution in [0.5, 0.6) is 11.5 Å². The molecule has 176 valence electrons. The molecule has 2 atom stereocenters. The quantitative estimate of drug-likeness (QED) is 0.405. The molecule has 35 heavy (non-hydrogen) atoms. The van der Waals surface area contributed by atoms with E-state index in [4.69, 9.17) is 4.74 Å². The molecule has 2 unspecified atom stereocenters. The fourth-order valence-electron chi connectivity index (χ4n) is 5.24. The van der Waals surface area contributed by atoms with E-state index < -0.39 is 0 Å². The lowest BCUT2D eigenvalue weighted by Crippen LogP contribution is -2.51. The number of pyridine rings is 1. The Balaban J connectivity index is 1.16. The third-order valence-corrected chi connectivity index (χ3v) is 6.91. The van der Waals surface area contributed by atoms with E-state index in [0.29, 0.717) is 12.1 Å². The number of ether oxygens (including phenoxy) is 1. The van der Waals surface area contributed by atoms with Gasteiger partial charge in [-0.15, -0.1) is 0 Å². The van der Waals surface area contributed by atoms with Gasteiger partial charge in [-0.2, -0.15) is 10.2 Å². The van der Waals surface area contributed by atoms with Crippen LogP contribution >= 0.6 is 0 Å². The molecule has 0 amide bonds. The topological polar surface area (TPSA) is 96.9 Å². The molecule has 2 N–H and O–H groups in total. The summed E-state index contributed by atoms with van der Waals surface area (Å²) < 4.78 is 9.73. The first-order valence-corrected chi connectivity index (χ1v) is 11.9. The van der Waals surface area contributed by atoms with E-state index in [-0.39, 0.29) is 0 Å². The number of aromatic nitrogens is 6. The zero-order valence-corrected chi connectivity index (χ0v) is 19.3. The van der Waals surface area contributed by atoms with Crippen LogP contribution in [0.15, 0.2) is 61.4 Å². The second-order valence-electron chi connectivity index (χ2n) is 9.28. The molecule has 2 aliphatic heterocycles. The highest BCUT2D eigenvalue weighted by molar-refractivity contribution is 5.86. The second-order valence-corrected chi connectivity index (χ2v) is 9.28. The van der Waals surface area contributed by atoms with Gasteiger partial charge in [0.15, 0.2) is 11.5 Å². The number of anilines is 3. The Bertz CT molecular complexity index is 1530. The summed E-state index contributed by atoms with van der Waals surface area (Å²) in [5, 5.41) is 15.8. The molecular formula is C25H25N9O. The van der Waals surface area contributed by atoms with Gasteiger partial charge in [0.25, 0.3) is 0 Å². The van der Waals surface area contributed by atoms with Crippen molar-refractivity contribution < 1.29 is 4.74 Å². The van der Waals surface area contributed by atoms with Gasteiger partial charge in [-0.3, -0.25) is 0 Å². The Morgan fingerprint density at radius 2 is 1.74 bits per heavy atom. The van der Waals surface area contributed by atoms with Crippen LogP contribution in [0.2, 0.25) is 0 Å². The molecule has 10 heteroatoms.